The Hall–Kier alpha value is -2.69. The van der Waals surface area contributed by atoms with Crippen LogP contribution in [0.15, 0.2) is 96.6 Å². The summed E-state index contributed by atoms with van der Waals surface area (Å²) < 4.78 is 12.5. The third kappa shape index (κ3) is 4.57. The summed E-state index contributed by atoms with van der Waals surface area (Å²) in [6.07, 6.45) is 6.24. The summed E-state index contributed by atoms with van der Waals surface area (Å²) in [5, 5.41) is 2.25. The van der Waals surface area contributed by atoms with Crippen LogP contribution in [0.25, 0.3) is 0 Å². The molecule has 2 atom stereocenters. The van der Waals surface area contributed by atoms with E-state index in [9.17, 15) is 4.79 Å². The van der Waals surface area contributed by atoms with Gasteiger partial charge in [-0.1, -0.05) is 112 Å². The minimum absolute atomic E-state index is 0.147. The Balaban J connectivity index is 2.21. The van der Waals surface area contributed by atoms with Crippen molar-refractivity contribution in [1.82, 2.24) is 0 Å². The minimum Gasteiger partial charge on any atom is -0.466 e. The number of methoxy groups -OCH3 is 1. The number of hydrogen-bond donors (Lipinski definition) is 0. The molecule has 0 saturated heterocycles. The van der Waals surface area contributed by atoms with Crippen LogP contribution in [0.3, 0.4) is 0 Å². The van der Waals surface area contributed by atoms with Gasteiger partial charge in [-0.3, -0.25) is 0 Å². The van der Waals surface area contributed by atoms with E-state index in [1.807, 2.05) is 31.2 Å². The number of rotatable bonds is 7. The second kappa shape index (κ2) is 9.84. The van der Waals surface area contributed by atoms with E-state index in [0.717, 1.165) is 5.57 Å². The fourth-order valence-electron chi connectivity index (χ4n) is 4.68. The number of benzene rings is 2. The first kappa shape index (κ1) is 24.0. The number of esters is 1. The normalized spacial score (nSPS) is 17.4. The molecule has 3 rings (SSSR count). The van der Waals surface area contributed by atoms with Crippen LogP contribution < -0.4 is 10.4 Å². The van der Waals surface area contributed by atoms with E-state index >= 15 is 0 Å². The Morgan fingerprint density at radius 2 is 1.56 bits per heavy atom. The zero-order chi connectivity index (χ0) is 23.4. The lowest BCUT2D eigenvalue weighted by molar-refractivity contribution is -0.137. The van der Waals surface area contributed by atoms with Crippen molar-refractivity contribution in [2.45, 2.75) is 45.3 Å². The fourth-order valence-corrected chi connectivity index (χ4v) is 9.44. The summed E-state index contributed by atoms with van der Waals surface area (Å²) in [6, 6.07) is 21.1. The van der Waals surface area contributed by atoms with Crippen LogP contribution in [0.2, 0.25) is 5.04 Å². The average Bonchev–Trinajstić information content (AvgIpc) is 2.79. The van der Waals surface area contributed by atoms with E-state index in [4.69, 9.17) is 9.16 Å². The molecule has 32 heavy (non-hydrogen) atoms. The van der Waals surface area contributed by atoms with Crippen LogP contribution in [0.4, 0.5) is 0 Å². The van der Waals surface area contributed by atoms with E-state index < -0.39 is 8.32 Å². The number of ether oxygens (including phenoxy) is 1. The molecule has 0 bridgehead atoms. The van der Waals surface area contributed by atoms with Crippen molar-refractivity contribution in [2.24, 2.45) is 5.92 Å². The maximum atomic E-state index is 12.6. The SMILES string of the molecule is C=C(C)C(O[Si](c1ccccc1)(c1ccccc1)C(C)(C)C)C1CC=CC=C1C(=O)OC. The lowest BCUT2D eigenvalue weighted by atomic mass is 9.84. The molecular weight excluding hydrogens is 412 g/mol. The summed E-state index contributed by atoms with van der Waals surface area (Å²) in [5.74, 6) is -0.455. The molecule has 1 aliphatic rings. The highest BCUT2D eigenvalue weighted by molar-refractivity contribution is 6.99. The summed E-state index contributed by atoms with van der Waals surface area (Å²) in [4.78, 5) is 12.6. The van der Waals surface area contributed by atoms with Gasteiger partial charge in [-0.15, -0.1) is 0 Å². The van der Waals surface area contributed by atoms with Gasteiger partial charge in [0.1, 0.15) is 0 Å². The maximum Gasteiger partial charge on any atom is 0.334 e. The zero-order valence-corrected chi connectivity index (χ0v) is 20.8. The first-order chi connectivity index (χ1) is 15.2. The smallest absolute Gasteiger partial charge is 0.334 e. The van der Waals surface area contributed by atoms with Gasteiger partial charge in [0.15, 0.2) is 0 Å². The first-order valence-corrected chi connectivity index (χ1v) is 13.0. The molecule has 0 saturated carbocycles. The average molecular weight is 447 g/mol. The number of carbonyl (C=O) groups excluding carboxylic acids is 1. The largest absolute Gasteiger partial charge is 0.466 e. The van der Waals surface area contributed by atoms with Gasteiger partial charge in [0.25, 0.3) is 8.32 Å². The van der Waals surface area contributed by atoms with E-state index in [1.165, 1.54) is 17.5 Å². The highest BCUT2D eigenvalue weighted by atomic mass is 28.4. The summed E-state index contributed by atoms with van der Waals surface area (Å²) in [5.41, 5.74) is 1.55. The Labute approximate surface area is 193 Å². The van der Waals surface area contributed by atoms with Crippen molar-refractivity contribution in [3.8, 4) is 0 Å². The lowest BCUT2D eigenvalue weighted by Crippen LogP contribution is -2.68. The molecule has 0 fully saturated rings. The van der Waals surface area contributed by atoms with Crippen LogP contribution in [-0.4, -0.2) is 27.5 Å². The molecule has 0 heterocycles. The van der Waals surface area contributed by atoms with Crippen LogP contribution in [-0.2, 0) is 14.0 Å². The Morgan fingerprint density at radius 1 is 1.03 bits per heavy atom. The van der Waals surface area contributed by atoms with Crippen molar-refractivity contribution in [3.05, 3.63) is 96.6 Å². The minimum atomic E-state index is -2.80. The molecular formula is C28H34O3Si. The number of allylic oxidation sites excluding steroid dienone is 3. The summed E-state index contributed by atoms with van der Waals surface area (Å²) in [6.45, 7) is 13.1. The molecule has 2 unspecified atom stereocenters. The van der Waals surface area contributed by atoms with Gasteiger partial charge in [-0.05, 0) is 28.8 Å². The zero-order valence-electron chi connectivity index (χ0n) is 19.8. The molecule has 2 aromatic carbocycles. The van der Waals surface area contributed by atoms with Gasteiger partial charge in [0, 0.05) is 11.5 Å². The van der Waals surface area contributed by atoms with Crippen LogP contribution in [0, 0.1) is 5.92 Å². The predicted octanol–water partition coefficient (Wildman–Crippen LogP) is 5.18. The highest BCUT2D eigenvalue weighted by Gasteiger charge is 2.52. The predicted molar refractivity (Wildman–Crippen MR) is 135 cm³/mol. The van der Waals surface area contributed by atoms with E-state index in [1.54, 1.807) is 0 Å². The number of carbonyl (C=O) groups is 1. The molecule has 0 aliphatic heterocycles. The van der Waals surface area contributed by atoms with Gasteiger partial charge < -0.3 is 9.16 Å². The number of hydrogen-bond acceptors (Lipinski definition) is 3. The third-order valence-electron chi connectivity index (χ3n) is 6.19. The second-order valence-electron chi connectivity index (χ2n) is 9.43. The van der Waals surface area contributed by atoms with Gasteiger partial charge in [0.05, 0.1) is 13.2 Å². The Morgan fingerprint density at radius 3 is 2.00 bits per heavy atom. The molecule has 0 amide bonds. The highest BCUT2D eigenvalue weighted by Crippen LogP contribution is 2.41. The maximum absolute atomic E-state index is 12.6. The fraction of sp³-hybridized carbons (Fsp3) is 0.321. The monoisotopic (exact) mass is 446 g/mol. The molecule has 2 aromatic rings. The molecule has 168 valence electrons. The van der Waals surface area contributed by atoms with Crippen molar-refractivity contribution in [3.63, 3.8) is 0 Å². The molecule has 0 aromatic heterocycles. The summed E-state index contributed by atoms with van der Waals surface area (Å²) >= 11 is 0. The van der Waals surface area contributed by atoms with Gasteiger partial charge in [-0.25, -0.2) is 4.79 Å². The quantitative estimate of drug-likeness (QED) is 0.334. The van der Waals surface area contributed by atoms with Gasteiger partial charge in [0.2, 0.25) is 0 Å². The van der Waals surface area contributed by atoms with Crippen molar-refractivity contribution < 1.29 is 14.0 Å². The topological polar surface area (TPSA) is 35.5 Å². The third-order valence-corrected chi connectivity index (χ3v) is 11.2. The first-order valence-electron chi connectivity index (χ1n) is 11.1. The van der Waals surface area contributed by atoms with Crippen molar-refractivity contribution in [1.29, 1.82) is 0 Å². The van der Waals surface area contributed by atoms with E-state index in [2.05, 4.69) is 82.0 Å². The van der Waals surface area contributed by atoms with Crippen molar-refractivity contribution >= 4 is 24.7 Å². The van der Waals surface area contributed by atoms with Crippen LogP contribution >= 0.6 is 0 Å². The molecule has 3 nitrogen and oxygen atoms in total. The molecule has 0 radical (unpaired) electrons. The standard InChI is InChI=1S/C28H34O3Si/c1-21(2)26(24-19-13-14-20-25(24)27(29)30-6)31-32(28(3,4)5,22-15-9-7-10-16-22)23-17-11-8-12-18-23/h7-18,20,24,26H,1,19H2,2-6H3. The van der Waals surface area contributed by atoms with Crippen LogP contribution in [0.1, 0.15) is 34.1 Å². The molecule has 1 aliphatic carbocycles. The van der Waals surface area contributed by atoms with E-state index in [0.29, 0.717) is 12.0 Å². The van der Waals surface area contributed by atoms with Gasteiger partial charge >= 0.3 is 5.97 Å². The molecule has 0 N–H and O–H groups in total. The lowest BCUT2D eigenvalue weighted by Gasteiger charge is -2.47. The molecule has 0 spiro atoms. The van der Waals surface area contributed by atoms with Crippen LogP contribution in [0.5, 0.6) is 0 Å². The van der Waals surface area contributed by atoms with Crippen molar-refractivity contribution in [2.75, 3.05) is 7.11 Å². The Kier molecular flexibility index (Phi) is 7.37. The van der Waals surface area contributed by atoms with Gasteiger partial charge in [-0.2, -0.15) is 0 Å². The second-order valence-corrected chi connectivity index (χ2v) is 13.7. The Bertz CT molecular complexity index is 960. The van der Waals surface area contributed by atoms with E-state index in [-0.39, 0.29) is 23.0 Å². The summed E-state index contributed by atoms with van der Waals surface area (Å²) in [7, 11) is -1.37. The molecule has 4 heteroatoms.